The van der Waals surface area contributed by atoms with Gasteiger partial charge in [0.1, 0.15) is 0 Å². The molecule has 1 heterocycles. The van der Waals surface area contributed by atoms with Gasteiger partial charge in [0, 0.05) is 57.6 Å². The van der Waals surface area contributed by atoms with E-state index in [4.69, 9.17) is 0 Å². The van der Waals surface area contributed by atoms with Gasteiger partial charge >= 0.3 is 6.03 Å². The van der Waals surface area contributed by atoms with E-state index >= 15 is 0 Å². The number of nitrogens with one attached hydrogen (secondary N) is 3. The first-order valence-electron chi connectivity index (χ1n) is 9.89. The number of urea groups is 1. The molecular formula is C22H29N5O2. The molecule has 29 heavy (non-hydrogen) atoms. The monoisotopic (exact) mass is 395 g/mol. The molecule has 1 aliphatic rings. The fourth-order valence-electron chi connectivity index (χ4n) is 3.26. The summed E-state index contributed by atoms with van der Waals surface area (Å²) in [4.78, 5) is 28.1. The van der Waals surface area contributed by atoms with Crippen LogP contribution in [0, 0.1) is 0 Å². The third-order valence-corrected chi connectivity index (χ3v) is 4.92. The van der Waals surface area contributed by atoms with E-state index in [9.17, 15) is 9.59 Å². The van der Waals surface area contributed by atoms with Gasteiger partial charge in [0.2, 0.25) is 5.91 Å². The maximum Gasteiger partial charge on any atom is 0.319 e. The van der Waals surface area contributed by atoms with Crippen molar-refractivity contribution in [3.8, 4) is 0 Å². The number of likely N-dealkylation sites (N-methyl/N-ethyl adjacent to an activating group) is 1. The number of benzene rings is 2. The van der Waals surface area contributed by atoms with Crippen LogP contribution in [0.3, 0.4) is 0 Å². The summed E-state index contributed by atoms with van der Waals surface area (Å²) in [6.45, 7) is 7.30. The second-order valence-electron chi connectivity index (χ2n) is 7.47. The Morgan fingerprint density at radius 3 is 2.17 bits per heavy atom. The molecule has 1 aliphatic heterocycles. The van der Waals surface area contributed by atoms with Crippen molar-refractivity contribution in [1.29, 1.82) is 0 Å². The topological polar surface area (TPSA) is 76.7 Å². The number of carbonyl (C=O) groups is 2. The van der Waals surface area contributed by atoms with Crippen LogP contribution in [0.4, 0.5) is 16.2 Å². The van der Waals surface area contributed by atoms with Crippen LogP contribution in [0.25, 0.3) is 0 Å². The highest BCUT2D eigenvalue weighted by atomic mass is 16.2. The summed E-state index contributed by atoms with van der Waals surface area (Å²) in [5.41, 5.74) is 3.61. The molecule has 7 heteroatoms. The van der Waals surface area contributed by atoms with Crippen molar-refractivity contribution in [3.05, 3.63) is 59.7 Å². The average Bonchev–Trinajstić information content (AvgIpc) is 2.69. The SMILES string of the molecule is CC(=O)Nc1cccc(NC(=O)NCc2ccc(CN3CCN(C)CC3)cc2)c1. The second kappa shape index (κ2) is 10.0. The lowest BCUT2D eigenvalue weighted by Gasteiger charge is -2.32. The number of nitrogens with zero attached hydrogens (tertiary/aromatic N) is 2. The Kier molecular flexibility index (Phi) is 7.21. The Morgan fingerprint density at radius 2 is 1.52 bits per heavy atom. The largest absolute Gasteiger partial charge is 0.334 e. The first-order chi connectivity index (χ1) is 14.0. The van der Waals surface area contributed by atoms with E-state index in [1.807, 2.05) is 0 Å². The number of hydrogen-bond acceptors (Lipinski definition) is 4. The van der Waals surface area contributed by atoms with Crippen molar-refractivity contribution >= 4 is 23.3 Å². The lowest BCUT2D eigenvalue weighted by Crippen LogP contribution is -2.43. The summed E-state index contributed by atoms with van der Waals surface area (Å²) in [5.74, 6) is -0.150. The Morgan fingerprint density at radius 1 is 0.897 bits per heavy atom. The third-order valence-electron chi connectivity index (χ3n) is 4.92. The molecule has 3 amide bonds. The summed E-state index contributed by atoms with van der Waals surface area (Å²) < 4.78 is 0. The number of rotatable bonds is 6. The van der Waals surface area contributed by atoms with E-state index in [1.165, 1.54) is 12.5 Å². The minimum Gasteiger partial charge on any atom is -0.334 e. The first-order valence-corrected chi connectivity index (χ1v) is 9.89. The quantitative estimate of drug-likeness (QED) is 0.703. The average molecular weight is 396 g/mol. The molecule has 2 aromatic rings. The van der Waals surface area contributed by atoms with Crippen LogP contribution in [-0.4, -0.2) is 55.0 Å². The molecule has 2 aromatic carbocycles. The Hall–Kier alpha value is -2.90. The number of piperazine rings is 1. The maximum atomic E-state index is 12.2. The van der Waals surface area contributed by atoms with Crippen LogP contribution in [0.2, 0.25) is 0 Å². The number of carbonyl (C=O) groups excluding carboxylic acids is 2. The van der Waals surface area contributed by atoms with Crippen molar-refractivity contribution in [2.75, 3.05) is 43.9 Å². The summed E-state index contributed by atoms with van der Waals surface area (Å²) in [6.07, 6.45) is 0. The molecule has 0 atom stereocenters. The van der Waals surface area contributed by atoms with Gasteiger partial charge < -0.3 is 20.9 Å². The summed E-state index contributed by atoms with van der Waals surface area (Å²) >= 11 is 0. The van der Waals surface area contributed by atoms with Gasteiger partial charge in [0.25, 0.3) is 0 Å². The summed E-state index contributed by atoms with van der Waals surface area (Å²) in [7, 11) is 2.16. The van der Waals surface area contributed by atoms with Crippen LogP contribution in [0.1, 0.15) is 18.1 Å². The molecule has 3 rings (SSSR count). The van der Waals surface area contributed by atoms with Gasteiger partial charge in [-0.3, -0.25) is 9.69 Å². The van der Waals surface area contributed by atoms with Gasteiger partial charge in [-0.05, 0) is 36.4 Å². The highest BCUT2D eigenvalue weighted by molar-refractivity contribution is 5.92. The van der Waals surface area contributed by atoms with E-state index < -0.39 is 0 Å². The first kappa shape index (κ1) is 20.8. The zero-order valence-electron chi connectivity index (χ0n) is 17.1. The normalized spacial score (nSPS) is 15.0. The summed E-state index contributed by atoms with van der Waals surface area (Å²) in [6, 6.07) is 15.1. The van der Waals surface area contributed by atoms with Crippen LogP contribution < -0.4 is 16.0 Å². The van der Waals surface area contributed by atoms with Crippen LogP contribution in [0.15, 0.2) is 48.5 Å². The molecule has 0 aliphatic carbocycles. The molecule has 0 aromatic heterocycles. The molecule has 0 radical (unpaired) electrons. The van der Waals surface area contributed by atoms with E-state index in [2.05, 4.69) is 57.1 Å². The zero-order valence-corrected chi connectivity index (χ0v) is 17.1. The molecule has 7 nitrogen and oxygen atoms in total. The fraction of sp³-hybridized carbons (Fsp3) is 0.364. The molecule has 0 saturated carbocycles. The van der Waals surface area contributed by atoms with Crippen molar-refractivity contribution in [2.45, 2.75) is 20.0 Å². The molecular weight excluding hydrogens is 366 g/mol. The second-order valence-corrected chi connectivity index (χ2v) is 7.47. The Labute approximate surface area is 172 Å². The summed E-state index contributed by atoms with van der Waals surface area (Å²) in [5, 5.41) is 8.34. The van der Waals surface area contributed by atoms with Crippen molar-refractivity contribution in [1.82, 2.24) is 15.1 Å². The molecule has 1 fully saturated rings. The smallest absolute Gasteiger partial charge is 0.319 e. The lowest BCUT2D eigenvalue weighted by atomic mass is 10.1. The van der Waals surface area contributed by atoms with Crippen LogP contribution >= 0.6 is 0 Å². The van der Waals surface area contributed by atoms with Gasteiger partial charge in [0.15, 0.2) is 0 Å². The van der Waals surface area contributed by atoms with Crippen LogP contribution in [0.5, 0.6) is 0 Å². The Bertz CT molecular complexity index is 829. The highest BCUT2D eigenvalue weighted by Crippen LogP contribution is 2.15. The molecule has 0 unspecified atom stereocenters. The van der Waals surface area contributed by atoms with Gasteiger partial charge in [-0.1, -0.05) is 30.3 Å². The minimum atomic E-state index is -0.286. The van der Waals surface area contributed by atoms with E-state index in [0.717, 1.165) is 38.3 Å². The molecule has 154 valence electrons. The maximum absolute atomic E-state index is 12.2. The Balaban J connectivity index is 1.45. The predicted octanol–water partition coefficient (Wildman–Crippen LogP) is 2.71. The van der Waals surface area contributed by atoms with Crippen molar-refractivity contribution < 1.29 is 9.59 Å². The number of amides is 3. The number of hydrogen-bond donors (Lipinski definition) is 3. The van der Waals surface area contributed by atoms with Gasteiger partial charge in [0.05, 0.1) is 0 Å². The van der Waals surface area contributed by atoms with E-state index in [1.54, 1.807) is 24.3 Å². The molecule has 0 spiro atoms. The lowest BCUT2D eigenvalue weighted by molar-refractivity contribution is -0.114. The van der Waals surface area contributed by atoms with Crippen LogP contribution in [-0.2, 0) is 17.9 Å². The molecule has 3 N–H and O–H groups in total. The van der Waals surface area contributed by atoms with Crippen molar-refractivity contribution in [2.24, 2.45) is 0 Å². The third kappa shape index (κ3) is 6.89. The van der Waals surface area contributed by atoms with Gasteiger partial charge in [-0.15, -0.1) is 0 Å². The minimum absolute atomic E-state index is 0.150. The molecule has 0 bridgehead atoms. The van der Waals surface area contributed by atoms with Crippen molar-refractivity contribution in [3.63, 3.8) is 0 Å². The zero-order chi connectivity index (χ0) is 20.6. The fourth-order valence-corrected chi connectivity index (χ4v) is 3.26. The predicted molar refractivity (Wildman–Crippen MR) is 116 cm³/mol. The van der Waals surface area contributed by atoms with E-state index in [-0.39, 0.29) is 11.9 Å². The highest BCUT2D eigenvalue weighted by Gasteiger charge is 2.13. The van der Waals surface area contributed by atoms with Gasteiger partial charge in [-0.2, -0.15) is 0 Å². The molecule has 1 saturated heterocycles. The standard InChI is InChI=1S/C22H29N5O2/c1-17(28)24-20-4-3-5-21(14-20)25-22(29)23-15-18-6-8-19(9-7-18)16-27-12-10-26(2)11-13-27/h3-9,14H,10-13,15-16H2,1-2H3,(H,24,28)(H2,23,25,29). The van der Waals surface area contributed by atoms with Gasteiger partial charge in [-0.25, -0.2) is 4.79 Å². The van der Waals surface area contributed by atoms with E-state index in [0.29, 0.717) is 17.9 Å². The number of anilines is 2.